The summed E-state index contributed by atoms with van der Waals surface area (Å²) in [6, 6.07) is 0.307. The molecule has 1 rings (SSSR count). The van der Waals surface area contributed by atoms with Crippen molar-refractivity contribution in [2.45, 2.75) is 46.6 Å². The zero-order chi connectivity index (χ0) is 13.8. The van der Waals surface area contributed by atoms with Crippen LogP contribution in [0.5, 0.6) is 0 Å². The summed E-state index contributed by atoms with van der Waals surface area (Å²) in [5, 5.41) is 12.3. The number of carboxylic acids is 1. The quantitative estimate of drug-likeness (QED) is 0.787. The fraction of sp³-hybridized carbons (Fsp3) is 0.929. The molecule has 1 aliphatic rings. The summed E-state index contributed by atoms with van der Waals surface area (Å²) in [7, 11) is 0. The van der Waals surface area contributed by atoms with Gasteiger partial charge in [0.25, 0.3) is 0 Å². The van der Waals surface area contributed by atoms with Gasteiger partial charge in [-0.3, -0.25) is 4.79 Å². The highest BCUT2D eigenvalue weighted by atomic mass is 16.4. The van der Waals surface area contributed by atoms with Gasteiger partial charge in [0.05, 0.1) is 0 Å². The molecule has 106 valence electrons. The number of nitrogens with zero attached hydrogens (tertiary/aromatic N) is 1. The van der Waals surface area contributed by atoms with Crippen LogP contribution in [-0.2, 0) is 4.79 Å². The molecule has 4 heteroatoms. The molecule has 1 fully saturated rings. The molecule has 1 unspecified atom stereocenters. The Bertz CT molecular complexity index is 277. The first kappa shape index (κ1) is 15.4. The van der Waals surface area contributed by atoms with E-state index in [1.54, 1.807) is 0 Å². The highest BCUT2D eigenvalue weighted by Gasteiger charge is 2.28. The molecular formula is C14H28N2O2. The van der Waals surface area contributed by atoms with Crippen molar-refractivity contribution in [2.24, 2.45) is 11.3 Å². The van der Waals surface area contributed by atoms with Gasteiger partial charge in [-0.05, 0) is 17.8 Å². The molecule has 18 heavy (non-hydrogen) atoms. The second kappa shape index (κ2) is 6.53. The number of carbonyl (C=O) groups is 1. The van der Waals surface area contributed by atoms with Crippen LogP contribution in [0.4, 0.5) is 0 Å². The molecular weight excluding hydrogens is 228 g/mol. The Morgan fingerprint density at radius 2 is 2.17 bits per heavy atom. The molecule has 0 aromatic rings. The van der Waals surface area contributed by atoms with Crippen molar-refractivity contribution in [1.82, 2.24) is 10.2 Å². The van der Waals surface area contributed by atoms with Crippen LogP contribution in [0.25, 0.3) is 0 Å². The van der Waals surface area contributed by atoms with Gasteiger partial charge >= 0.3 is 5.97 Å². The van der Waals surface area contributed by atoms with Crippen molar-refractivity contribution in [3.05, 3.63) is 0 Å². The SMILES string of the molecule is CC(C)CN1CC(CCC(=O)O)NCC(C)(C)C1. The van der Waals surface area contributed by atoms with Gasteiger partial charge < -0.3 is 15.3 Å². The lowest BCUT2D eigenvalue weighted by molar-refractivity contribution is -0.137. The van der Waals surface area contributed by atoms with Crippen molar-refractivity contribution < 1.29 is 9.90 Å². The highest BCUT2D eigenvalue weighted by Crippen LogP contribution is 2.21. The van der Waals surface area contributed by atoms with Crippen LogP contribution in [0, 0.1) is 11.3 Å². The maximum absolute atomic E-state index is 10.7. The van der Waals surface area contributed by atoms with Gasteiger partial charge in [-0.15, -0.1) is 0 Å². The summed E-state index contributed by atoms with van der Waals surface area (Å²) in [5.41, 5.74) is 0.257. The monoisotopic (exact) mass is 256 g/mol. The maximum Gasteiger partial charge on any atom is 0.303 e. The van der Waals surface area contributed by atoms with Gasteiger partial charge in [-0.25, -0.2) is 0 Å². The Hall–Kier alpha value is -0.610. The number of carboxylic acid groups (broad SMARTS) is 1. The van der Waals surface area contributed by atoms with Crippen LogP contribution in [0.15, 0.2) is 0 Å². The second-order valence-corrected chi connectivity index (χ2v) is 6.76. The summed E-state index contributed by atoms with van der Waals surface area (Å²) < 4.78 is 0. The molecule has 0 aliphatic carbocycles. The minimum atomic E-state index is -0.698. The van der Waals surface area contributed by atoms with Crippen LogP contribution in [0.2, 0.25) is 0 Å². The van der Waals surface area contributed by atoms with Gasteiger partial charge in [-0.1, -0.05) is 27.7 Å². The van der Waals surface area contributed by atoms with Gasteiger partial charge in [-0.2, -0.15) is 0 Å². The first-order valence-electron chi connectivity index (χ1n) is 6.96. The average molecular weight is 256 g/mol. The average Bonchev–Trinajstić information content (AvgIpc) is 2.33. The van der Waals surface area contributed by atoms with Crippen molar-refractivity contribution in [2.75, 3.05) is 26.2 Å². The number of rotatable bonds is 5. The van der Waals surface area contributed by atoms with E-state index in [-0.39, 0.29) is 11.8 Å². The van der Waals surface area contributed by atoms with E-state index >= 15 is 0 Å². The number of nitrogens with one attached hydrogen (secondary N) is 1. The van der Waals surface area contributed by atoms with Crippen molar-refractivity contribution >= 4 is 5.97 Å². The van der Waals surface area contributed by atoms with Gasteiger partial charge in [0.15, 0.2) is 0 Å². The van der Waals surface area contributed by atoms with Gasteiger partial charge in [0, 0.05) is 38.6 Å². The standard InChI is InChI=1S/C14H28N2O2/c1-11(2)7-16-8-12(5-6-13(17)18)15-9-14(3,4)10-16/h11-12,15H,5-10H2,1-4H3,(H,17,18). The number of hydrogen-bond donors (Lipinski definition) is 2. The third kappa shape index (κ3) is 5.83. The van der Waals surface area contributed by atoms with E-state index in [9.17, 15) is 4.79 Å². The summed E-state index contributed by atoms with van der Waals surface area (Å²) in [6.07, 6.45) is 0.980. The summed E-state index contributed by atoms with van der Waals surface area (Å²) in [5.74, 6) is -0.0465. The van der Waals surface area contributed by atoms with Crippen LogP contribution in [0.3, 0.4) is 0 Å². The van der Waals surface area contributed by atoms with Crippen LogP contribution in [-0.4, -0.2) is 48.2 Å². The lowest BCUT2D eigenvalue weighted by Gasteiger charge is -2.30. The first-order valence-corrected chi connectivity index (χ1v) is 6.96. The molecule has 1 heterocycles. The largest absolute Gasteiger partial charge is 0.481 e. The Morgan fingerprint density at radius 1 is 1.50 bits per heavy atom. The van der Waals surface area contributed by atoms with E-state index in [1.165, 1.54) is 0 Å². The van der Waals surface area contributed by atoms with E-state index in [1.807, 2.05) is 0 Å². The molecule has 0 radical (unpaired) electrons. The summed E-state index contributed by atoms with van der Waals surface area (Å²) in [4.78, 5) is 13.2. The van der Waals surface area contributed by atoms with Crippen LogP contribution >= 0.6 is 0 Å². The third-order valence-corrected chi connectivity index (χ3v) is 3.33. The molecule has 0 aromatic carbocycles. The van der Waals surface area contributed by atoms with Gasteiger partial charge in [0.1, 0.15) is 0 Å². The predicted octanol–water partition coefficient (Wildman–Crippen LogP) is 1.81. The molecule has 0 spiro atoms. The lowest BCUT2D eigenvalue weighted by Crippen LogP contribution is -2.39. The topological polar surface area (TPSA) is 52.6 Å². The molecule has 1 saturated heterocycles. The maximum atomic E-state index is 10.7. The minimum absolute atomic E-state index is 0.257. The van der Waals surface area contributed by atoms with Crippen molar-refractivity contribution in [1.29, 1.82) is 0 Å². The van der Waals surface area contributed by atoms with Crippen LogP contribution < -0.4 is 5.32 Å². The fourth-order valence-electron chi connectivity index (χ4n) is 2.67. The molecule has 1 atom stereocenters. The molecule has 1 aliphatic heterocycles. The van der Waals surface area contributed by atoms with Crippen molar-refractivity contribution in [3.8, 4) is 0 Å². The van der Waals surface area contributed by atoms with E-state index in [0.717, 1.165) is 32.6 Å². The predicted molar refractivity (Wildman–Crippen MR) is 73.7 cm³/mol. The highest BCUT2D eigenvalue weighted by molar-refractivity contribution is 5.66. The van der Waals surface area contributed by atoms with Gasteiger partial charge in [0.2, 0.25) is 0 Å². The fourth-order valence-corrected chi connectivity index (χ4v) is 2.67. The molecule has 0 aromatic heterocycles. The summed E-state index contributed by atoms with van der Waals surface area (Å²) >= 11 is 0. The zero-order valence-corrected chi connectivity index (χ0v) is 12.2. The molecule has 0 bridgehead atoms. The Labute approximate surface area is 111 Å². The first-order chi connectivity index (χ1) is 8.28. The Morgan fingerprint density at radius 3 is 2.72 bits per heavy atom. The van der Waals surface area contributed by atoms with Crippen LogP contribution in [0.1, 0.15) is 40.5 Å². The lowest BCUT2D eigenvalue weighted by atomic mass is 9.93. The minimum Gasteiger partial charge on any atom is -0.481 e. The molecule has 0 amide bonds. The second-order valence-electron chi connectivity index (χ2n) is 6.76. The molecule has 4 nitrogen and oxygen atoms in total. The smallest absolute Gasteiger partial charge is 0.303 e. The third-order valence-electron chi connectivity index (χ3n) is 3.33. The van der Waals surface area contributed by atoms with E-state index < -0.39 is 5.97 Å². The van der Waals surface area contributed by atoms with E-state index in [0.29, 0.717) is 12.0 Å². The Kier molecular flexibility index (Phi) is 5.60. The molecule has 2 N–H and O–H groups in total. The number of aliphatic carboxylic acids is 1. The number of hydrogen-bond acceptors (Lipinski definition) is 3. The summed E-state index contributed by atoms with van der Waals surface area (Å²) in [6.45, 7) is 13.1. The van der Waals surface area contributed by atoms with E-state index in [2.05, 4.69) is 37.9 Å². The molecule has 0 saturated carbocycles. The normalized spacial score (nSPS) is 25.1. The zero-order valence-electron chi connectivity index (χ0n) is 12.2. The van der Waals surface area contributed by atoms with Crippen molar-refractivity contribution in [3.63, 3.8) is 0 Å². The van der Waals surface area contributed by atoms with E-state index in [4.69, 9.17) is 5.11 Å². The Balaban J connectivity index is 2.57.